The first kappa shape index (κ1) is 12.7. The van der Waals surface area contributed by atoms with E-state index in [1.54, 1.807) is 6.07 Å². The van der Waals surface area contributed by atoms with Crippen molar-refractivity contribution in [2.24, 2.45) is 0 Å². The van der Waals surface area contributed by atoms with E-state index in [1.165, 1.54) is 6.26 Å². The van der Waals surface area contributed by atoms with E-state index < -0.39 is 5.97 Å². The van der Waals surface area contributed by atoms with Crippen LogP contribution in [0, 0.1) is 6.92 Å². The Morgan fingerprint density at radius 3 is 2.89 bits per heavy atom. The summed E-state index contributed by atoms with van der Waals surface area (Å²) in [6, 6.07) is 7.18. The molecule has 18 heavy (non-hydrogen) atoms. The first-order valence-corrected chi connectivity index (χ1v) is 6.06. The number of ether oxygens (including phenoxy) is 1. The lowest BCUT2D eigenvalue weighted by molar-refractivity contribution is 0.0658. The number of benzene rings is 1. The van der Waals surface area contributed by atoms with E-state index in [0.29, 0.717) is 11.3 Å². The van der Waals surface area contributed by atoms with Crippen LogP contribution in [0.3, 0.4) is 0 Å². The molecule has 0 fully saturated rings. The average Bonchev–Trinajstić information content (AvgIpc) is 2.79. The van der Waals surface area contributed by atoms with Crippen LogP contribution in [0.5, 0.6) is 5.75 Å². The molecule has 0 unspecified atom stereocenters. The van der Waals surface area contributed by atoms with Crippen LogP contribution in [0.1, 0.15) is 21.7 Å². The molecule has 5 heteroatoms. The van der Waals surface area contributed by atoms with Crippen LogP contribution >= 0.6 is 15.9 Å². The number of rotatable bonds is 4. The van der Waals surface area contributed by atoms with E-state index in [1.807, 2.05) is 25.1 Å². The fourth-order valence-electron chi connectivity index (χ4n) is 1.51. The molecule has 0 amide bonds. The summed E-state index contributed by atoms with van der Waals surface area (Å²) in [5, 5.41) is 8.88. The molecule has 0 spiro atoms. The van der Waals surface area contributed by atoms with Crippen molar-refractivity contribution in [2.45, 2.75) is 13.5 Å². The number of carboxylic acids is 1. The first-order valence-electron chi connectivity index (χ1n) is 5.26. The first-order chi connectivity index (χ1) is 8.58. The van der Waals surface area contributed by atoms with Crippen molar-refractivity contribution >= 4 is 21.9 Å². The smallest absolute Gasteiger partial charge is 0.372 e. The van der Waals surface area contributed by atoms with Gasteiger partial charge in [-0.3, -0.25) is 0 Å². The van der Waals surface area contributed by atoms with E-state index in [2.05, 4.69) is 15.9 Å². The number of hydrogen-bond donors (Lipinski definition) is 1. The largest absolute Gasteiger partial charge is 0.489 e. The third-order valence-corrected chi connectivity index (χ3v) is 3.35. The van der Waals surface area contributed by atoms with Crippen LogP contribution in [-0.2, 0) is 6.61 Å². The molecule has 1 aromatic carbocycles. The highest BCUT2D eigenvalue weighted by Crippen LogP contribution is 2.23. The summed E-state index contributed by atoms with van der Waals surface area (Å²) < 4.78 is 11.4. The van der Waals surface area contributed by atoms with Crippen molar-refractivity contribution in [1.29, 1.82) is 0 Å². The SMILES string of the molecule is Cc1cc(OCc2ccoc2C(=O)O)ccc1Br. The van der Waals surface area contributed by atoms with Gasteiger partial charge in [-0.05, 0) is 36.8 Å². The van der Waals surface area contributed by atoms with Crippen LogP contribution in [0.25, 0.3) is 0 Å². The van der Waals surface area contributed by atoms with Crippen molar-refractivity contribution in [3.05, 3.63) is 51.9 Å². The minimum Gasteiger partial charge on any atom is -0.489 e. The summed E-state index contributed by atoms with van der Waals surface area (Å²) in [7, 11) is 0. The van der Waals surface area contributed by atoms with Crippen molar-refractivity contribution in [1.82, 2.24) is 0 Å². The Hall–Kier alpha value is -1.75. The molecule has 0 saturated carbocycles. The van der Waals surface area contributed by atoms with E-state index in [0.717, 1.165) is 10.0 Å². The number of aromatic carboxylic acids is 1. The van der Waals surface area contributed by atoms with Gasteiger partial charge in [0.15, 0.2) is 0 Å². The van der Waals surface area contributed by atoms with Gasteiger partial charge >= 0.3 is 5.97 Å². The maximum Gasteiger partial charge on any atom is 0.372 e. The number of hydrogen-bond acceptors (Lipinski definition) is 3. The minimum atomic E-state index is -1.09. The summed E-state index contributed by atoms with van der Waals surface area (Å²) in [5.41, 5.74) is 1.57. The third kappa shape index (κ3) is 2.73. The van der Waals surface area contributed by atoms with Gasteiger partial charge in [-0.15, -0.1) is 0 Å². The lowest BCUT2D eigenvalue weighted by atomic mass is 10.2. The highest BCUT2D eigenvalue weighted by molar-refractivity contribution is 9.10. The fourth-order valence-corrected chi connectivity index (χ4v) is 1.75. The van der Waals surface area contributed by atoms with Crippen LogP contribution in [-0.4, -0.2) is 11.1 Å². The molecule has 0 bridgehead atoms. The summed E-state index contributed by atoms with van der Waals surface area (Å²) in [6.07, 6.45) is 1.34. The zero-order valence-corrected chi connectivity index (χ0v) is 11.2. The Morgan fingerprint density at radius 2 is 2.22 bits per heavy atom. The molecule has 1 heterocycles. The highest BCUT2D eigenvalue weighted by Gasteiger charge is 2.14. The Labute approximate surface area is 112 Å². The topological polar surface area (TPSA) is 59.7 Å². The normalized spacial score (nSPS) is 10.3. The molecule has 0 aliphatic heterocycles. The summed E-state index contributed by atoms with van der Waals surface area (Å²) in [5.74, 6) is -0.484. The van der Waals surface area contributed by atoms with E-state index in [4.69, 9.17) is 14.3 Å². The van der Waals surface area contributed by atoms with Gasteiger partial charge in [-0.1, -0.05) is 15.9 Å². The predicted octanol–water partition coefficient (Wildman–Crippen LogP) is 3.63. The summed E-state index contributed by atoms with van der Waals surface area (Å²) >= 11 is 3.40. The zero-order valence-electron chi connectivity index (χ0n) is 9.64. The molecule has 0 atom stereocenters. The number of carboxylic acid groups (broad SMARTS) is 1. The lowest BCUT2D eigenvalue weighted by Gasteiger charge is -2.07. The van der Waals surface area contributed by atoms with Crippen molar-refractivity contribution in [2.75, 3.05) is 0 Å². The second-order valence-corrected chi connectivity index (χ2v) is 4.63. The number of halogens is 1. The molecule has 0 saturated heterocycles. The van der Waals surface area contributed by atoms with Crippen LogP contribution in [0.4, 0.5) is 0 Å². The zero-order chi connectivity index (χ0) is 13.1. The van der Waals surface area contributed by atoms with E-state index in [9.17, 15) is 4.79 Å². The summed E-state index contributed by atoms with van der Waals surface area (Å²) in [4.78, 5) is 10.8. The summed E-state index contributed by atoms with van der Waals surface area (Å²) in [6.45, 7) is 2.12. The van der Waals surface area contributed by atoms with E-state index >= 15 is 0 Å². The van der Waals surface area contributed by atoms with Gasteiger partial charge in [0.25, 0.3) is 0 Å². The Kier molecular flexibility index (Phi) is 3.72. The monoisotopic (exact) mass is 310 g/mol. The molecule has 1 aromatic heterocycles. The molecule has 4 nitrogen and oxygen atoms in total. The number of carbonyl (C=O) groups is 1. The van der Waals surface area contributed by atoms with Gasteiger partial charge in [0, 0.05) is 10.0 Å². The molecule has 0 aliphatic rings. The number of aryl methyl sites for hydroxylation is 1. The lowest BCUT2D eigenvalue weighted by Crippen LogP contribution is -2.02. The fraction of sp³-hybridized carbons (Fsp3) is 0.154. The quantitative estimate of drug-likeness (QED) is 0.936. The second kappa shape index (κ2) is 5.27. The molecule has 1 N–H and O–H groups in total. The van der Waals surface area contributed by atoms with E-state index in [-0.39, 0.29) is 12.4 Å². The van der Waals surface area contributed by atoms with Gasteiger partial charge in [0.1, 0.15) is 12.4 Å². The number of furan rings is 1. The van der Waals surface area contributed by atoms with Crippen molar-refractivity contribution < 1.29 is 19.1 Å². The second-order valence-electron chi connectivity index (χ2n) is 3.78. The molecule has 0 radical (unpaired) electrons. The molecular formula is C13H11BrO4. The van der Waals surface area contributed by atoms with Crippen LogP contribution in [0.2, 0.25) is 0 Å². The predicted molar refractivity (Wildman–Crippen MR) is 68.9 cm³/mol. The van der Waals surface area contributed by atoms with Crippen LogP contribution < -0.4 is 4.74 Å². The Bertz CT molecular complexity index is 574. The van der Waals surface area contributed by atoms with Gasteiger partial charge in [0.05, 0.1) is 6.26 Å². The minimum absolute atomic E-state index is 0.0798. The molecule has 94 valence electrons. The highest BCUT2D eigenvalue weighted by atomic mass is 79.9. The van der Waals surface area contributed by atoms with Gasteiger partial charge in [-0.2, -0.15) is 0 Å². The van der Waals surface area contributed by atoms with Gasteiger partial charge in [-0.25, -0.2) is 4.79 Å². The molecule has 2 rings (SSSR count). The molecule has 2 aromatic rings. The van der Waals surface area contributed by atoms with Gasteiger partial charge in [0.2, 0.25) is 5.76 Å². The maximum atomic E-state index is 10.8. The third-order valence-electron chi connectivity index (χ3n) is 2.46. The van der Waals surface area contributed by atoms with Gasteiger partial charge < -0.3 is 14.3 Å². The Balaban J connectivity index is 2.09. The van der Waals surface area contributed by atoms with Crippen molar-refractivity contribution in [3.63, 3.8) is 0 Å². The van der Waals surface area contributed by atoms with Crippen molar-refractivity contribution in [3.8, 4) is 5.75 Å². The van der Waals surface area contributed by atoms with Crippen LogP contribution in [0.15, 0.2) is 39.4 Å². The molecule has 0 aliphatic carbocycles. The maximum absolute atomic E-state index is 10.8. The standard InChI is InChI=1S/C13H11BrO4/c1-8-6-10(2-3-11(8)14)18-7-9-4-5-17-12(9)13(15)16/h2-6H,7H2,1H3,(H,15,16). The Morgan fingerprint density at radius 1 is 1.44 bits per heavy atom. The average molecular weight is 311 g/mol. The molecular weight excluding hydrogens is 300 g/mol.